The molecule has 0 aliphatic carbocycles. The number of ether oxygens (including phenoxy) is 3. The Bertz CT molecular complexity index is 730. The van der Waals surface area contributed by atoms with Gasteiger partial charge in [0.15, 0.2) is 11.6 Å². The van der Waals surface area contributed by atoms with Gasteiger partial charge in [0.1, 0.15) is 12.4 Å². The summed E-state index contributed by atoms with van der Waals surface area (Å²) in [5.41, 5.74) is 0.958. The highest BCUT2D eigenvalue weighted by atomic mass is 16.5. The number of rotatable bonds is 18. The highest BCUT2D eigenvalue weighted by Gasteiger charge is 2.03. The standard InChI is InChI=1S/C27H40N2O3/c1-3-5-7-9-11-20-32-26-22-28-27(29-23-26)24-14-16-25(17-15-24)31-21-13-12-19-30-18-10-8-6-4-2/h9,11,14-17,22-23H,3-8,10,12-13,18-21H2,1-2H3. The van der Waals surface area contributed by atoms with Crippen molar-refractivity contribution in [2.24, 2.45) is 0 Å². The molecule has 0 bridgehead atoms. The van der Waals surface area contributed by atoms with Gasteiger partial charge in [-0.2, -0.15) is 0 Å². The van der Waals surface area contributed by atoms with Gasteiger partial charge in [-0.15, -0.1) is 0 Å². The average Bonchev–Trinajstić information content (AvgIpc) is 2.83. The van der Waals surface area contributed by atoms with Gasteiger partial charge in [-0.3, -0.25) is 0 Å². The predicted molar refractivity (Wildman–Crippen MR) is 131 cm³/mol. The van der Waals surface area contributed by atoms with Gasteiger partial charge >= 0.3 is 0 Å². The summed E-state index contributed by atoms with van der Waals surface area (Å²) in [6, 6.07) is 7.91. The van der Waals surface area contributed by atoms with Crippen molar-refractivity contribution in [2.75, 3.05) is 26.4 Å². The van der Waals surface area contributed by atoms with Gasteiger partial charge in [-0.1, -0.05) is 58.1 Å². The maximum atomic E-state index is 5.83. The Kier molecular flexibility index (Phi) is 13.9. The molecule has 0 aliphatic heterocycles. The summed E-state index contributed by atoms with van der Waals surface area (Å²) in [5.74, 6) is 2.22. The summed E-state index contributed by atoms with van der Waals surface area (Å²) < 4.78 is 17.2. The Balaban J connectivity index is 1.62. The summed E-state index contributed by atoms with van der Waals surface area (Å²) in [5, 5.41) is 0. The van der Waals surface area contributed by atoms with Gasteiger partial charge in [0.05, 0.1) is 19.0 Å². The van der Waals surface area contributed by atoms with Crippen molar-refractivity contribution in [3.05, 3.63) is 48.8 Å². The molecule has 0 unspecified atom stereocenters. The molecular weight excluding hydrogens is 400 g/mol. The van der Waals surface area contributed by atoms with Crippen molar-refractivity contribution in [3.8, 4) is 22.9 Å². The molecule has 1 heterocycles. The molecule has 0 amide bonds. The number of hydrogen-bond acceptors (Lipinski definition) is 5. The molecule has 0 spiro atoms. The highest BCUT2D eigenvalue weighted by molar-refractivity contribution is 5.56. The van der Waals surface area contributed by atoms with Crippen LogP contribution in [0.3, 0.4) is 0 Å². The lowest BCUT2D eigenvalue weighted by Gasteiger charge is -2.08. The molecule has 1 aromatic carbocycles. The van der Waals surface area contributed by atoms with Gasteiger partial charge in [0.25, 0.3) is 0 Å². The molecule has 2 rings (SSSR count). The van der Waals surface area contributed by atoms with E-state index < -0.39 is 0 Å². The molecule has 2 aromatic rings. The lowest BCUT2D eigenvalue weighted by Crippen LogP contribution is -2.02. The van der Waals surface area contributed by atoms with Gasteiger partial charge < -0.3 is 14.2 Å². The minimum Gasteiger partial charge on any atom is -0.494 e. The van der Waals surface area contributed by atoms with Crippen LogP contribution in [0.5, 0.6) is 11.5 Å². The minimum atomic E-state index is 0.545. The molecule has 0 aliphatic rings. The molecule has 0 N–H and O–H groups in total. The van der Waals surface area contributed by atoms with E-state index in [1.807, 2.05) is 30.3 Å². The van der Waals surface area contributed by atoms with Crippen LogP contribution >= 0.6 is 0 Å². The third kappa shape index (κ3) is 11.3. The lowest BCUT2D eigenvalue weighted by atomic mass is 10.2. The van der Waals surface area contributed by atoms with Crippen LogP contribution in [0.4, 0.5) is 0 Å². The van der Waals surface area contributed by atoms with Crippen LogP contribution in [0.2, 0.25) is 0 Å². The topological polar surface area (TPSA) is 53.5 Å². The summed E-state index contributed by atoms with van der Waals surface area (Å²) in [4.78, 5) is 8.84. The molecule has 0 radical (unpaired) electrons. The molecule has 0 atom stereocenters. The van der Waals surface area contributed by atoms with Crippen LogP contribution in [-0.4, -0.2) is 36.4 Å². The van der Waals surface area contributed by atoms with E-state index in [1.54, 1.807) is 12.4 Å². The molecule has 1 aromatic heterocycles. The first-order valence-corrected chi connectivity index (χ1v) is 12.2. The normalized spacial score (nSPS) is 11.2. The number of hydrogen-bond donors (Lipinski definition) is 0. The van der Waals surface area contributed by atoms with Crippen LogP contribution in [0.25, 0.3) is 11.4 Å². The van der Waals surface area contributed by atoms with Gasteiger partial charge in [-0.25, -0.2) is 9.97 Å². The molecule has 5 heteroatoms. The number of benzene rings is 1. The van der Waals surface area contributed by atoms with Crippen molar-refractivity contribution in [2.45, 2.75) is 71.6 Å². The molecule has 0 fully saturated rings. The maximum Gasteiger partial charge on any atom is 0.159 e. The number of allylic oxidation sites excluding steroid dienone is 1. The van der Waals surface area contributed by atoms with Crippen molar-refractivity contribution < 1.29 is 14.2 Å². The van der Waals surface area contributed by atoms with Crippen LogP contribution in [0.15, 0.2) is 48.8 Å². The number of aromatic nitrogens is 2. The van der Waals surface area contributed by atoms with Crippen molar-refractivity contribution >= 4 is 0 Å². The van der Waals surface area contributed by atoms with Crippen molar-refractivity contribution in [1.29, 1.82) is 0 Å². The van der Waals surface area contributed by atoms with Crippen molar-refractivity contribution in [1.82, 2.24) is 9.97 Å². The monoisotopic (exact) mass is 440 g/mol. The minimum absolute atomic E-state index is 0.545. The Morgan fingerprint density at radius 3 is 2.09 bits per heavy atom. The van der Waals surface area contributed by atoms with Crippen LogP contribution in [0, 0.1) is 0 Å². The molecule has 5 nitrogen and oxygen atoms in total. The fraction of sp³-hybridized carbons (Fsp3) is 0.556. The number of unbranched alkanes of at least 4 members (excludes halogenated alkanes) is 6. The first kappa shape index (κ1) is 25.9. The van der Waals surface area contributed by atoms with Crippen LogP contribution in [0.1, 0.15) is 71.6 Å². The zero-order chi connectivity index (χ0) is 22.7. The van der Waals surface area contributed by atoms with E-state index >= 15 is 0 Å². The summed E-state index contributed by atoms with van der Waals surface area (Å²) in [7, 11) is 0. The smallest absolute Gasteiger partial charge is 0.159 e. The van der Waals surface area contributed by atoms with Crippen LogP contribution in [-0.2, 0) is 4.74 Å². The zero-order valence-electron chi connectivity index (χ0n) is 19.9. The third-order valence-corrected chi connectivity index (χ3v) is 5.07. The first-order chi connectivity index (χ1) is 15.8. The Hall–Kier alpha value is -2.40. The van der Waals surface area contributed by atoms with E-state index in [2.05, 4.69) is 29.9 Å². The van der Waals surface area contributed by atoms with E-state index in [1.165, 1.54) is 38.5 Å². The Labute approximate surface area is 194 Å². The second kappa shape index (κ2) is 17.2. The van der Waals surface area contributed by atoms with E-state index in [4.69, 9.17) is 14.2 Å². The van der Waals surface area contributed by atoms with E-state index in [-0.39, 0.29) is 0 Å². The second-order valence-corrected chi connectivity index (χ2v) is 7.92. The molecule has 0 saturated heterocycles. The largest absolute Gasteiger partial charge is 0.494 e. The fourth-order valence-electron chi connectivity index (χ4n) is 3.12. The van der Waals surface area contributed by atoms with Gasteiger partial charge in [0, 0.05) is 18.8 Å². The fourth-order valence-corrected chi connectivity index (χ4v) is 3.12. The van der Waals surface area contributed by atoms with Crippen LogP contribution < -0.4 is 9.47 Å². The molecular formula is C27H40N2O3. The van der Waals surface area contributed by atoms with E-state index in [9.17, 15) is 0 Å². The summed E-state index contributed by atoms with van der Waals surface area (Å²) in [6.07, 6.45) is 18.2. The summed E-state index contributed by atoms with van der Waals surface area (Å²) >= 11 is 0. The van der Waals surface area contributed by atoms with Crippen molar-refractivity contribution in [3.63, 3.8) is 0 Å². The molecule has 0 saturated carbocycles. The van der Waals surface area contributed by atoms with Gasteiger partial charge in [-0.05, 0) is 49.9 Å². The second-order valence-electron chi connectivity index (χ2n) is 7.92. The third-order valence-electron chi connectivity index (χ3n) is 5.07. The first-order valence-electron chi connectivity index (χ1n) is 12.2. The van der Waals surface area contributed by atoms with E-state index in [0.29, 0.717) is 24.8 Å². The SMILES string of the molecule is CCCCC=CCOc1cnc(-c2ccc(OCCCCOCCCCCC)cc2)nc1. The Morgan fingerprint density at radius 2 is 1.38 bits per heavy atom. The number of nitrogens with zero attached hydrogens (tertiary/aromatic N) is 2. The lowest BCUT2D eigenvalue weighted by molar-refractivity contribution is 0.122. The Morgan fingerprint density at radius 1 is 0.688 bits per heavy atom. The molecule has 176 valence electrons. The summed E-state index contributed by atoms with van der Waals surface area (Å²) in [6.45, 7) is 7.37. The zero-order valence-corrected chi connectivity index (χ0v) is 19.9. The quantitative estimate of drug-likeness (QED) is 0.184. The maximum absolute atomic E-state index is 5.83. The average molecular weight is 441 g/mol. The highest BCUT2D eigenvalue weighted by Crippen LogP contribution is 2.20. The van der Waals surface area contributed by atoms with Gasteiger partial charge in [0.2, 0.25) is 0 Å². The molecule has 32 heavy (non-hydrogen) atoms. The van der Waals surface area contributed by atoms with E-state index in [0.717, 1.165) is 43.8 Å². The predicted octanol–water partition coefficient (Wildman–Crippen LogP) is 7.02.